The summed E-state index contributed by atoms with van der Waals surface area (Å²) in [5.41, 5.74) is 0.383. The van der Waals surface area contributed by atoms with Crippen molar-refractivity contribution in [1.29, 1.82) is 0 Å². The first kappa shape index (κ1) is 21.9. The molecule has 0 saturated carbocycles. The van der Waals surface area contributed by atoms with E-state index in [2.05, 4.69) is 37.9 Å². The number of carbonyl (C=O) groups excluding carboxylic acids is 1. The topological polar surface area (TPSA) is 69.7 Å². The van der Waals surface area contributed by atoms with Crippen molar-refractivity contribution < 1.29 is 13.2 Å². The first-order chi connectivity index (χ1) is 12.7. The van der Waals surface area contributed by atoms with Gasteiger partial charge in [-0.2, -0.15) is 4.31 Å². The largest absolute Gasteiger partial charge is 0.351 e. The Kier molecular flexibility index (Phi) is 7.82. The summed E-state index contributed by atoms with van der Waals surface area (Å²) in [6, 6.07) is 7.16. The SMILES string of the molecule is CC(C)N(CCNC(=O)c1cccc(S(=O)(=O)N2CCCCC2)c1)C(C)C. The Morgan fingerprint density at radius 1 is 1.11 bits per heavy atom. The summed E-state index contributed by atoms with van der Waals surface area (Å²) in [7, 11) is -3.53. The van der Waals surface area contributed by atoms with Gasteiger partial charge in [-0.05, 0) is 58.7 Å². The molecule has 0 aliphatic carbocycles. The number of hydrogen-bond acceptors (Lipinski definition) is 4. The molecule has 0 radical (unpaired) electrons. The number of sulfonamides is 1. The van der Waals surface area contributed by atoms with Crippen LogP contribution in [0, 0.1) is 0 Å². The summed E-state index contributed by atoms with van der Waals surface area (Å²) in [6.07, 6.45) is 2.85. The van der Waals surface area contributed by atoms with Gasteiger partial charge in [0.2, 0.25) is 10.0 Å². The molecule has 0 atom stereocenters. The lowest BCUT2D eigenvalue weighted by atomic mass is 10.2. The van der Waals surface area contributed by atoms with Gasteiger partial charge in [-0.3, -0.25) is 9.69 Å². The second-order valence-corrected chi connectivity index (χ2v) is 9.61. The van der Waals surface area contributed by atoms with Crippen LogP contribution in [-0.4, -0.2) is 61.8 Å². The first-order valence-electron chi connectivity index (χ1n) is 9.87. The second-order valence-electron chi connectivity index (χ2n) is 7.67. The van der Waals surface area contributed by atoms with Crippen LogP contribution in [0.3, 0.4) is 0 Å². The molecular formula is C20H33N3O3S. The van der Waals surface area contributed by atoms with Crippen LogP contribution in [0.1, 0.15) is 57.3 Å². The summed E-state index contributed by atoms with van der Waals surface area (Å²) in [6.45, 7) is 10.9. The molecule has 0 spiro atoms. The molecule has 1 aliphatic rings. The molecule has 1 saturated heterocycles. The highest BCUT2D eigenvalue weighted by Gasteiger charge is 2.26. The molecule has 0 aromatic heterocycles. The Bertz CT molecular complexity index is 718. The van der Waals surface area contributed by atoms with Gasteiger partial charge in [0, 0.05) is 43.8 Å². The average Bonchev–Trinajstić information content (AvgIpc) is 2.65. The fraction of sp³-hybridized carbons (Fsp3) is 0.650. The molecule has 1 N–H and O–H groups in total. The fourth-order valence-corrected chi connectivity index (χ4v) is 5.13. The highest BCUT2D eigenvalue weighted by atomic mass is 32.2. The lowest BCUT2D eigenvalue weighted by molar-refractivity contribution is 0.0939. The molecule has 6 nitrogen and oxygen atoms in total. The highest BCUT2D eigenvalue weighted by molar-refractivity contribution is 7.89. The number of nitrogens with one attached hydrogen (secondary N) is 1. The van der Waals surface area contributed by atoms with E-state index in [9.17, 15) is 13.2 Å². The molecule has 27 heavy (non-hydrogen) atoms. The Hall–Kier alpha value is -1.44. The number of rotatable bonds is 8. The van der Waals surface area contributed by atoms with Crippen LogP contribution in [-0.2, 0) is 10.0 Å². The third kappa shape index (κ3) is 5.77. The molecule has 0 bridgehead atoms. The Labute approximate surface area is 164 Å². The summed E-state index contributed by atoms with van der Waals surface area (Å²) in [5.74, 6) is -0.238. The third-order valence-corrected chi connectivity index (χ3v) is 6.93. The Morgan fingerprint density at radius 3 is 2.33 bits per heavy atom. The number of benzene rings is 1. The van der Waals surface area contributed by atoms with Crippen LogP contribution in [0.2, 0.25) is 0 Å². The minimum absolute atomic E-state index is 0.197. The van der Waals surface area contributed by atoms with Gasteiger partial charge in [0.1, 0.15) is 0 Å². The quantitative estimate of drug-likeness (QED) is 0.735. The predicted molar refractivity (Wildman–Crippen MR) is 108 cm³/mol. The van der Waals surface area contributed by atoms with Gasteiger partial charge in [-0.1, -0.05) is 12.5 Å². The first-order valence-corrected chi connectivity index (χ1v) is 11.3. The van der Waals surface area contributed by atoms with E-state index in [0.717, 1.165) is 25.8 Å². The zero-order valence-corrected chi connectivity index (χ0v) is 17.8. The molecule has 1 aromatic carbocycles. The Balaban J connectivity index is 2.02. The van der Waals surface area contributed by atoms with E-state index in [-0.39, 0.29) is 10.8 Å². The van der Waals surface area contributed by atoms with Gasteiger partial charge < -0.3 is 5.32 Å². The zero-order chi connectivity index (χ0) is 20.0. The standard InChI is InChI=1S/C20H33N3O3S/c1-16(2)23(17(3)4)14-11-21-20(24)18-9-8-10-19(15-18)27(25,26)22-12-6-5-7-13-22/h8-10,15-17H,5-7,11-14H2,1-4H3,(H,21,24). The van der Waals surface area contributed by atoms with Gasteiger partial charge in [-0.25, -0.2) is 8.42 Å². The van der Waals surface area contributed by atoms with E-state index in [4.69, 9.17) is 0 Å². The molecule has 152 valence electrons. The third-order valence-electron chi connectivity index (χ3n) is 5.03. The average molecular weight is 396 g/mol. The molecular weight excluding hydrogens is 362 g/mol. The lowest BCUT2D eigenvalue weighted by Crippen LogP contribution is -2.42. The number of piperidine rings is 1. The zero-order valence-electron chi connectivity index (χ0n) is 16.9. The van der Waals surface area contributed by atoms with Crippen LogP contribution >= 0.6 is 0 Å². The van der Waals surface area contributed by atoms with Crippen LogP contribution in [0.5, 0.6) is 0 Å². The fourth-order valence-electron chi connectivity index (χ4n) is 3.57. The molecule has 1 aromatic rings. The minimum atomic E-state index is -3.53. The molecule has 1 heterocycles. The summed E-state index contributed by atoms with van der Waals surface area (Å²) >= 11 is 0. The van der Waals surface area contributed by atoms with Crippen molar-refractivity contribution in [1.82, 2.24) is 14.5 Å². The van der Waals surface area contributed by atoms with Gasteiger partial charge >= 0.3 is 0 Å². The van der Waals surface area contributed by atoms with Crippen molar-refractivity contribution in [3.05, 3.63) is 29.8 Å². The van der Waals surface area contributed by atoms with Crippen molar-refractivity contribution in [2.75, 3.05) is 26.2 Å². The number of amides is 1. The van der Waals surface area contributed by atoms with E-state index in [1.807, 2.05) is 0 Å². The van der Waals surface area contributed by atoms with Gasteiger partial charge in [0.25, 0.3) is 5.91 Å². The molecule has 0 unspecified atom stereocenters. The maximum atomic E-state index is 12.8. The number of carbonyl (C=O) groups is 1. The molecule has 1 amide bonds. The van der Waals surface area contributed by atoms with Gasteiger partial charge in [0.15, 0.2) is 0 Å². The molecule has 2 rings (SSSR count). The number of nitrogens with zero attached hydrogens (tertiary/aromatic N) is 2. The smallest absolute Gasteiger partial charge is 0.251 e. The van der Waals surface area contributed by atoms with Crippen LogP contribution in [0.25, 0.3) is 0 Å². The van der Waals surface area contributed by atoms with Crippen molar-refractivity contribution in [3.8, 4) is 0 Å². The summed E-state index contributed by atoms with van der Waals surface area (Å²) in [5, 5.41) is 2.91. The van der Waals surface area contributed by atoms with E-state index >= 15 is 0 Å². The summed E-state index contributed by atoms with van der Waals surface area (Å²) < 4.78 is 27.1. The van der Waals surface area contributed by atoms with Crippen molar-refractivity contribution in [2.24, 2.45) is 0 Å². The van der Waals surface area contributed by atoms with Gasteiger partial charge in [0.05, 0.1) is 4.90 Å². The second kappa shape index (κ2) is 9.66. The molecule has 1 fully saturated rings. The van der Waals surface area contributed by atoms with Crippen LogP contribution in [0.4, 0.5) is 0 Å². The highest BCUT2D eigenvalue weighted by Crippen LogP contribution is 2.21. The van der Waals surface area contributed by atoms with Crippen molar-refractivity contribution in [2.45, 2.75) is 63.9 Å². The monoisotopic (exact) mass is 395 g/mol. The van der Waals surface area contributed by atoms with E-state index in [1.54, 1.807) is 18.2 Å². The van der Waals surface area contributed by atoms with Crippen LogP contribution in [0.15, 0.2) is 29.2 Å². The van der Waals surface area contributed by atoms with Crippen molar-refractivity contribution in [3.63, 3.8) is 0 Å². The van der Waals surface area contributed by atoms with Crippen molar-refractivity contribution >= 4 is 15.9 Å². The maximum Gasteiger partial charge on any atom is 0.251 e. The van der Waals surface area contributed by atoms with E-state index < -0.39 is 10.0 Å². The summed E-state index contributed by atoms with van der Waals surface area (Å²) in [4.78, 5) is 15.0. The predicted octanol–water partition coefficient (Wildman–Crippen LogP) is 2.71. The lowest BCUT2D eigenvalue weighted by Gasteiger charge is -2.30. The molecule has 7 heteroatoms. The minimum Gasteiger partial charge on any atom is -0.351 e. The van der Waals surface area contributed by atoms with Crippen LogP contribution < -0.4 is 5.32 Å². The maximum absolute atomic E-state index is 12.8. The normalized spacial score (nSPS) is 16.3. The molecule has 1 aliphatic heterocycles. The van der Waals surface area contributed by atoms with E-state index in [1.165, 1.54) is 10.4 Å². The van der Waals surface area contributed by atoms with Gasteiger partial charge in [-0.15, -0.1) is 0 Å². The Morgan fingerprint density at radius 2 is 1.74 bits per heavy atom. The number of hydrogen-bond donors (Lipinski definition) is 1. The van der Waals surface area contributed by atoms with E-state index in [0.29, 0.717) is 37.3 Å².